The molecule has 7 heteroatoms. The average molecular weight is 434 g/mol. The maximum Gasteiger partial charge on any atom is 0.293 e. The Morgan fingerprint density at radius 2 is 1.85 bits per heavy atom. The van der Waals surface area contributed by atoms with Crippen LogP contribution in [0.4, 0.5) is 4.79 Å². The summed E-state index contributed by atoms with van der Waals surface area (Å²) in [6.07, 6.45) is 1.66. The van der Waals surface area contributed by atoms with Crippen molar-refractivity contribution in [1.29, 1.82) is 0 Å². The average Bonchev–Trinajstić information content (AvgIpc) is 2.90. The van der Waals surface area contributed by atoms with Crippen LogP contribution < -0.4 is 9.47 Å². The van der Waals surface area contributed by atoms with E-state index >= 15 is 0 Å². The van der Waals surface area contributed by atoms with Gasteiger partial charge in [-0.05, 0) is 35.5 Å². The maximum absolute atomic E-state index is 12.7. The van der Waals surface area contributed by atoms with Gasteiger partial charge in [-0.2, -0.15) is 0 Å². The largest absolute Gasteiger partial charge is 0.493 e. The highest BCUT2D eigenvalue weighted by Crippen LogP contribution is 2.38. The van der Waals surface area contributed by atoms with Crippen LogP contribution in [0, 0.1) is 0 Å². The second-order valence-electron chi connectivity index (χ2n) is 5.44. The van der Waals surface area contributed by atoms with Crippen LogP contribution in [0.15, 0.2) is 51.8 Å². The summed E-state index contributed by atoms with van der Waals surface area (Å²) >= 11 is 4.37. The summed E-state index contributed by atoms with van der Waals surface area (Å²) in [6.45, 7) is 0.221. The normalized spacial score (nSPS) is 15.7. The summed E-state index contributed by atoms with van der Waals surface area (Å²) in [4.78, 5) is 26.6. The van der Waals surface area contributed by atoms with E-state index in [1.807, 2.05) is 30.3 Å². The first-order valence-corrected chi connectivity index (χ1v) is 9.36. The van der Waals surface area contributed by atoms with Gasteiger partial charge in [-0.1, -0.05) is 46.3 Å². The number of nitrogens with zero attached hydrogens (tertiary/aromatic N) is 1. The van der Waals surface area contributed by atoms with Crippen LogP contribution >= 0.6 is 27.7 Å². The third kappa shape index (κ3) is 3.64. The Morgan fingerprint density at radius 1 is 1.08 bits per heavy atom. The molecule has 2 aromatic rings. The van der Waals surface area contributed by atoms with Gasteiger partial charge in [0.1, 0.15) is 0 Å². The van der Waals surface area contributed by atoms with Crippen LogP contribution in [0.2, 0.25) is 0 Å². The van der Waals surface area contributed by atoms with Crippen molar-refractivity contribution in [1.82, 2.24) is 4.90 Å². The molecule has 0 radical (unpaired) electrons. The molecule has 0 aromatic heterocycles. The molecule has 3 rings (SSSR count). The number of hydrogen-bond acceptors (Lipinski definition) is 5. The summed E-state index contributed by atoms with van der Waals surface area (Å²) in [5, 5.41) is -0.293. The smallest absolute Gasteiger partial charge is 0.293 e. The minimum atomic E-state index is -0.319. The van der Waals surface area contributed by atoms with Gasteiger partial charge in [-0.3, -0.25) is 14.5 Å². The molecule has 26 heavy (non-hydrogen) atoms. The van der Waals surface area contributed by atoms with Crippen LogP contribution in [-0.2, 0) is 11.3 Å². The third-order valence-electron chi connectivity index (χ3n) is 3.88. The summed E-state index contributed by atoms with van der Waals surface area (Å²) in [5.41, 5.74) is 1.55. The zero-order valence-corrected chi connectivity index (χ0v) is 16.6. The van der Waals surface area contributed by atoms with Gasteiger partial charge in [-0.15, -0.1) is 0 Å². The molecule has 0 saturated carbocycles. The molecule has 0 bridgehead atoms. The molecule has 1 aliphatic rings. The maximum atomic E-state index is 12.7. The van der Waals surface area contributed by atoms with E-state index in [-0.39, 0.29) is 17.7 Å². The molecule has 1 saturated heterocycles. The number of halogens is 1. The molecule has 1 aliphatic heterocycles. The fraction of sp³-hybridized carbons (Fsp3) is 0.158. The number of thioether (sulfide) groups is 1. The summed E-state index contributed by atoms with van der Waals surface area (Å²) < 4.78 is 11.5. The molecule has 1 heterocycles. The number of ether oxygens (including phenoxy) is 2. The molecule has 0 aliphatic carbocycles. The van der Waals surface area contributed by atoms with E-state index < -0.39 is 0 Å². The van der Waals surface area contributed by atoms with Crippen LogP contribution in [-0.4, -0.2) is 30.3 Å². The Kier molecular flexibility index (Phi) is 5.68. The van der Waals surface area contributed by atoms with Gasteiger partial charge in [0.2, 0.25) is 0 Å². The van der Waals surface area contributed by atoms with Crippen molar-refractivity contribution in [2.24, 2.45) is 0 Å². The topological polar surface area (TPSA) is 55.8 Å². The second-order valence-corrected chi connectivity index (χ2v) is 7.29. The minimum Gasteiger partial charge on any atom is -0.493 e. The number of methoxy groups -OCH3 is 2. The van der Waals surface area contributed by atoms with Gasteiger partial charge in [0.25, 0.3) is 11.1 Å². The number of rotatable bonds is 5. The highest BCUT2D eigenvalue weighted by Gasteiger charge is 2.35. The number of imide groups is 1. The monoisotopic (exact) mass is 433 g/mol. The molecule has 5 nitrogen and oxygen atoms in total. The number of carbonyl (C=O) groups excluding carboxylic acids is 2. The zero-order chi connectivity index (χ0) is 18.7. The van der Waals surface area contributed by atoms with E-state index in [0.717, 1.165) is 21.8 Å². The Hall–Kier alpha value is -2.25. The lowest BCUT2D eigenvalue weighted by Crippen LogP contribution is -2.27. The molecule has 2 aromatic carbocycles. The number of para-hydroxylation sites is 1. The van der Waals surface area contributed by atoms with Crippen molar-refractivity contribution in [2.75, 3.05) is 14.2 Å². The lowest BCUT2D eigenvalue weighted by Gasteiger charge is -2.13. The summed E-state index contributed by atoms with van der Waals surface area (Å²) in [5.74, 6) is 0.766. The highest BCUT2D eigenvalue weighted by molar-refractivity contribution is 9.10. The van der Waals surface area contributed by atoms with Gasteiger partial charge in [0, 0.05) is 10.0 Å². The number of carbonyl (C=O) groups is 2. The van der Waals surface area contributed by atoms with E-state index in [0.29, 0.717) is 22.0 Å². The lowest BCUT2D eigenvalue weighted by molar-refractivity contribution is -0.123. The molecule has 1 fully saturated rings. The number of hydrogen-bond donors (Lipinski definition) is 0. The van der Waals surface area contributed by atoms with Crippen molar-refractivity contribution in [2.45, 2.75) is 6.54 Å². The van der Waals surface area contributed by atoms with Crippen molar-refractivity contribution in [3.8, 4) is 11.5 Å². The van der Waals surface area contributed by atoms with E-state index in [1.54, 1.807) is 25.3 Å². The number of benzene rings is 2. The van der Waals surface area contributed by atoms with Crippen LogP contribution in [0.5, 0.6) is 11.5 Å². The molecule has 2 amide bonds. The first-order chi connectivity index (χ1) is 12.5. The zero-order valence-electron chi connectivity index (χ0n) is 14.2. The fourth-order valence-corrected chi connectivity index (χ4v) is 3.84. The van der Waals surface area contributed by atoms with E-state index in [2.05, 4.69) is 15.9 Å². The van der Waals surface area contributed by atoms with Crippen LogP contribution in [0.1, 0.15) is 11.1 Å². The first-order valence-electron chi connectivity index (χ1n) is 7.75. The SMILES string of the molecule is COc1cccc(/C=C2\SC(=O)N(Cc3ccccc3Br)C2=O)c1OC. The number of amides is 2. The Labute approximate surface area is 164 Å². The first kappa shape index (κ1) is 18.5. The van der Waals surface area contributed by atoms with Crippen molar-refractivity contribution >= 4 is 44.9 Å². The fourth-order valence-electron chi connectivity index (χ4n) is 2.60. The minimum absolute atomic E-state index is 0.221. The third-order valence-corrected chi connectivity index (χ3v) is 5.56. The van der Waals surface area contributed by atoms with Gasteiger partial charge >= 0.3 is 0 Å². The van der Waals surface area contributed by atoms with Gasteiger partial charge in [0.15, 0.2) is 11.5 Å². The molecule has 0 spiro atoms. The summed E-state index contributed by atoms with van der Waals surface area (Å²) in [6, 6.07) is 12.9. The molecular formula is C19H16BrNO4S. The molecular weight excluding hydrogens is 418 g/mol. The van der Waals surface area contributed by atoms with E-state index in [4.69, 9.17) is 9.47 Å². The highest BCUT2D eigenvalue weighted by atomic mass is 79.9. The second kappa shape index (κ2) is 7.97. The molecule has 0 unspecified atom stereocenters. The predicted octanol–water partition coefficient (Wildman–Crippen LogP) is 4.70. The molecule has 134 valence electrons. The van der Waals surface area contributed by atoms with Crippen LogP contribution in [0.3, 0.4) is 0 Å². The molecule has 0 atom stereocenters. The Balaban J connectivity index is 1.90. The van der Waals surface area contributed by atoms with Crippen LogP contribution in [0.25, 0.3) is 6.08 Å². The van der Waals surface area contributed by atoms with E-state index in [9.17, 15) is 9.59 Å². The standard InChI is InChI=1S/C19H16BrNO4S/c1-24-15-9-5-7-12(17(15)25-2)10-16-18(22)21(19(23)26-16)11-13-6-3-4-8-14(13)20/h3-10H,11H2,1-2H3/b16-10-. The Bertz CT molecular complexity index is 897. The van der Waals surface area contributed by atoms with Crippen molar-refractivity contribution < 1.29 is 19.1 Å². The van der Waals surface area contributed by atoms with Gasteiger partial charge in [-0.25, -0.2) is 0 Å². The van der Waals surface area contributed by atoms with Crippen molar-refractivity contribution in [3.05, 3.63) is 63.0 Å². The Morgan fingerprint density at radius 3 is 2.54 bits per heavy atom. The summed E-state index contributed by atoms with van der Waals surface area (Å²) in [7, 11) is 3.08. The molecule has 0 N–H and O–H groups in total. The lowest BCUT2D eigenvalue weighted by atomic mass is 10.1. The van der Waals surface area contributed by atoms with Crippen molar-refractivity contribution in [3.63, 3.8) is 0 Å². The van der Waals surface area contributed by atoms with Gasteiger partial charge in [0.05, 0.1) is 25.7 Å². The van der Waals surface area contributed by atoms with Gasteiger partial charge < -0.3 is 9.47 Å². The predicted molar refractivity (Wildman–Crippen MR) is 105 cm³/mol. The quantitative estimate of drug-likeness (QED) is 0.639. The van der Waals surface area contributed by atoms with E-state index in [1.165, 1.54) is 12.0 Å².